The second-order valence-corrected chi connectivity index (χ2v) is 12.8. The fourth-order valence-electron chi connectivity index (χ4n) is 6.97. The summed E-state index contributed by atoms with van der Waals surface area (Å²) in [6.07, 6.45) is 0. The summed E-state index contributed by atoms with van der Waals surface area (Å²) in [5, 5.41) is -0.269. The minimum atomic E-state index is -0.781. The molecule has 0 unspecified atom stereocenters. The number of para-hydroxylation sites is 2. The Labute approximate surface area is 338 Å². The van der Waals surface area contributed by atoms with Crippen molar-refractivity contribution in [2.45, 2.75) is 0 Å². The number of benzene rings is 9. The molecule has 55 heavy (non-hydrogen) atoms. The lowest BCUT2D eigenvalue weighted by atomic mass is 9.92. The lowest BCUT2D eigenvalue weighted by molar-refractivity contribution is 0.670. The topological polar surface area (TPSA) is 51.8 Å². The van der Waals surface area contributed by atoms with E-state index >= 15 is 0 Å². The van der Waals surface area contributed by atoms with Gasteiger partial charge in [0.15, 0.2) is 17.5 Å². The summed E-state index contributed by atoms with van der Waals surface area (Å²) in [6.45, 7) is 0. The van der Waals surface area contributed by atoms with E-state index in [0.29, 0.717) is 16.7 Å². The number of hydrogen-bond acceptors (Lipinski definition) is 4. The Morgan fingerprint density at radius 1 is 0.345 bits per heavy atom. The number of nitrogens with zero attached hydrogens (tertiary/aromatic N) is 3. The first-order chi connectivity index (χ1) is 33.5. The van der Waals surface area contributed by atoms with E-state index in [2.05, 4.69) is 0 Å². The lowest BCUT2D eigenvalue weighted by Gasteiger charge is -2.13. The van der Waals surface area contributed by atoms with Gasteiger partial charge in [0.05, 0.1) is 20.6 Å². The van der Waals surface area contributed by atoms with E-state index in [1.807, 2.05) is 54.6 Å². The molecule has 0 fully saturated rings. The fraction of sp³-hybridized carbons (Fsp3) is 0. The summed E-state index contributed by atoms with van der Waals surface area (Å²) in [5.41, 5.74) is 2.73. The molecule has 11 aromatic rings. The summed E-state index contributed by atoms with van der Waals surface area (Å²) in [4.78, 5) is 14.3. The summed E-state index contributed by atoms with van der Waals surface area (Å²) >= 11 is 0. The Morgan fingerprint density at radius 2 is 0.891 bits per heavy atom. The monoisotopic (exact) mass is 716 g/mol. The average molecular weight is 717 g/mol. The molecule has 2 aromatic heterocycles. The molecule has 0 radical (unpaired) electrons. The zero-order chi connectivity index (χ0) is 49.3. The van der Waals surface area contributed by atoms with Crippen LogP contribution in [-0.2, 0) is 0 Å². The molecule has 0 bridgehead atoms. The maximum atomic E-state index is 9.75. The molecule has 9 aromatic carbocycles. The van der Waals surface area contributed by atoms with Crippen molar-refractivity contribution < 1.29 is 25.0 Å². The molecule has 0 spiro atoms. The van der Waals surface area contributed by atoms with Crippen LogP contribution in [0.3, 0.4) is 0 Å². The fourth-order valence-corrected chi connectivity index (χ4v) is 6.97. The van der Waals surface area contributed by atoms with Gasteiger partial charge in [0.1, 0.15) is 11.2 Å². The molecule has 0 aliphatic rings. The molecule has 0 saturated carbocycles. The van der Waals surface area contributed by atoms with Crippen molar-refractivity contribution in [2.24, 2.45) is 0 Å². The largest absolute Gasteiger partial charge is 0.455 e. The molecular formula is C51H31N3O. The molecule has 256 valence electrons. The van der Waals surface area contributed by atoms with Crippen molar-refractivity contribution in [3.8, 4) is 56.4 Å². The van der Waals surface area contributed by atoms with Gasteiger partial charge in [-0.25, -0.2) is 15.0 Å². The molecular weight excluding hydrogens is 671 g/mol. The van der Waals surface area contributed by atoms with Crippen LogP contribution in [-0.4, -0.2) is 15.0 Å². The first-order valence-corrected chi connectivity index (χ1v) is 17.3. The van der Waals surface area contributed by atoms with Crippen molar-refractivity contribution in [3.63, 3.8) is 0 Å². The van der Waals surface area contributed by atoms with Gasteiger partial charge >= 0.3 is 0 Å². The molecule has 0 aliphatic carbocycles. The Hall–Kier alpha value is -7.43. The van der Waals surface area contributed by atoms with E-state index in [-0.39, 0.29) is 50.0 Å². The van der Waals surface area contributed by atoms with Crippen molar-refractivity contribution >= 4 is 54.3 Å². The van der Waals surface area contributed by atoms with Crippen molar-refractivity contribution in [3.05, 3.63) is 188 Å². The van der Waals surface area contributed by atoms with Crippen molar-refractivity contribution in [1.29, 1.82) is 0 Å². The van der Waals surface area contributed by atoms with Crippen LogP contribution < -0.4 is 0 Å². The first-order valence-electron chi connectivity index (χ1n) is 24.8. The van der Waals surface area contributed by atoms with Crippen LogP contribution in [0.2, 0.25) is 0 Å². The maximum Gasteiger partial charge on any atom is 0.164 e. The van der Waals surface area contributed by atoms with Gasteiger partial charge in [0.2, 0.25) is 0 Å². The molecule has 0 saturated heterocycles. The van der Waals surface area contributed by atoms with Gasteiger partial charge in [-0.2, -0.15) is 0 Å². The second kappa shape index (κ2) is 12.6. The number of furan rings is 1. The smallest absolute Gasteiger partial charge is 0.164 e. The van der Waals surface area contributed by atoms with E-state index < -0.39 is 107 Å². The van der Waals surface area contributed by atoms with Crippen LogP contribution >= 0.6 is 0 Å². The number of rotatable bonds is 5. The van der Waals surface area contributed by atoms with Gasteiger partial charge in [-0.15, -0.1) is 0 Å². The standard InChI is InChI=1S/C51H31N3O/c1-2-12-33(13-3-1)49-52-50(34-26-24-32(25-27-34)38-21-11-22-45-44-20-8-9-23-47(44)55-48(38)45)54-51(53-49)37-15-10-14-35(30-37)36-28-29-43-41-18-5-4-16-39(41)40-17-6-7-19-42(40)46(43)31-36/h1-31H/i4D,5D,6D,7D,10D,14D,15D,16D,17D,18D,19D,28D,29D,30D,31D. The third kappa shape index (κ3) is 5.26. The summed E-state index contributed by atoms with van der Waals surface area (Å²) in [5.74, 6) is 0.00561. The van der Waals surface area contributed by atoms with Gasteiger partial charge in [0.25, 0.3) is 0 Å². The molecule has 0 amide bonds. The normalized spacial score (nSPS) is 15.5. The summed E-state index contributed by atoms with van der Waals surface area (Å²) in [6, 6.07) is 19.3. The SMILES string of the molecule is [2H]c1c([2H])c(-c2nc(-c3ccccc3)nc(-c3ccc(-c4cccc5c4oc4ccccc45)cc3)n2)c([2H])c(-c2c([2H])c([2H])c3c4c([2H])c([2H])c([2H])c([2H])c4c4c([2H])c([2H])c([2H])c([2H])c4c3c2[2H])c1[2H]. The number of hydrogen-bond donors (Lipinski definition) is 0. The van der Waals surface area contributed by atoms with Crippen LogP contribution in [0, 0.1) is 0 Å². The molecule has 0 atom stereocenters. The van der Waals surface area contributed by atoms with E-state index in [0.717, 1.165) is 27.5 Å². The zero-order valence-electron chi connectivity index (χ0n) is 43.5. The van der Waals surface area contributed by atoms with Crippen LogP contribution in [0.25, 0.3) is 111 Å². The third-order valence-electron chi connectivity index (χ3n) is 9.56. The van der Waals surface area contributed by atoms with Crippen molar-refractivity contribution in [2.75, 3.05) is 0 Å². The van der Waals surface area contributed by atoms with E-state index in [1.54, 1.807) is 42.5 Å². The van der Waals surface area contributed by atoms with E-state index in [4.69, 9.17) is 31.7 Å². The molecule has 0 N–H and O–H groups in total. The predicted molar refractivity (Wildman–Crippen MR) is 227 cm³/mol. The summed E-state index contributed by atoms with van der Waals surface area (Å²) in [7, 11) is 0. The predicted octanol–water partition coefficient (Wildman–Crippen LogP) is 13.6. The highest BCUT2D eigenvalue weighted by Gasteiger charge is 2.16. The van der Waals surface area contributed by atoms with Gasteiger partial charge < -0.3 is 4.42 Å². The second-order valence-electron chi connectivity index (χ2n) is 12.8. The molecule has 0 aliphatic heterocycles. The molecule has 11 rings (SSSR count). The minimum Gasteiger partial charge on any atom is -0.455 e. The lowest BCUT2D eigenvalue weighted by Crippen LogP contribution is -2.00. The van der Waals surface area contributed by atoms with E-state index in [9.17, 15) is 8.22 Å². The first kappa shape index (κ1) is 19.6. The Morgan fingerprint density at radius 3 is 1.62 bits per heavy atom. The van der Waals surface area contributed by atoms with Crippen LogP contribution in [0.1, 0.15) is 20.6 Å². The molecule has 4 nitrogen and oxygen atoms in total. The highest BCUT2D eigenvalue weighted by atomic mass is 16.3. The van der Waals surface area contributed by atoms with Gasteiger partial charge in [-0.3, -0.25) is 0 Å². The highest BCUT2D eigenvalue weighted by molar-refractivity contribution is 6.25. The van der Waals surface area contributed by atoms with Crippen LogP contribution in [0.15, 0.2) is 192 Å². The minimum absolute atomic E-state index is 0.123. The summed E-state index contributed by atoms with van der Waals surface area (Å²) < 4.78 is 142. The van der Waals surface area contributed by atoms with Gasteiger partial charge in [0, 0.05) is 33.0 Å². The van der Waals surface area contributed by atoms with Crippen molar-refractivity contribution in [1.82, 2.24) is 15.0 Å². The van der Waals surface area contributed by atoms with Crippen LogP contribution in [0.5, 0.6) is 0 Å². The van der Waals surface area contributed by atoms with Crippen LogP contribution in [0.4, 0.5) is 0 Å². The Kier molecular flexibility index (Phi) is 4.49. The zero-order valence-corrected chi connectivity index (χ0v) is 28.5. The highest BCUT2D eigenvalue weighted by Crippen LogP contribution is 2.39. The molecule has 2 heterocycles. The third-order valence-corrected chi connectivity index (χ3v) is 9.56. The Balaban J connectivity index is 1.17. The quantitative estimate of drug-likeness (QED) is 0.166. The average Bonchev–Trinajstić information content (AvgIpc) is 3.76. The van der Waals surface area contributed by atoms with E-state index in [1.165, 1.54) is 0 Å². The maximum absolute atomic E-state index is 9.75. The molecule has 4 heteroatoms. The number of aromatic nitrogens is 3. The van der Waals surface area contributed by atoms with Gasteiger partial charge in [-0.05, 0) is 67.2 Å². The Bertz CT molecular complexity index is 4080. The van der Waals surface area contributed by atoms with Gasteiger partial charge in [-0.1, -0.05) is 170 Å². The number of fused-ring (bicyclic) bond motifs is 9.